The minimum atomic E-state index is -2.91. The van der Waals surface area contributed by atoms with E-state index in [4.69, 9.17) is 16.3 Å². The normalized spacial score (nSPS) is 10.8. The number of ether oxygens (including phenoxy) is 2. The molecule has 1 amide bonds. The molecule has 1 N–H and O–H groups in total. The molecule has 0 aliphatic carbocycles. The summed E-state index contributed by atoms with van der Waals surface area (Å²) in [4.78, 5) is 11.5. The maximum absolute atomic E-state index is 12.1. The molecule has 0 saturated carbocycles. The number of carbonyl (C=O) groups excluding carboxylic acids is 1. The van der Waals surface area contributed by atoms with Crippen molar-refractivity contribution in [3.8, 4) is 11.5 Å². The number of alkyl halides is 2. The second-order valence-corrected chi connectivity index (χ2v) is 4.60. The van der Waals surface area contributed by atoms with Crippen molar-refractivity contribution in [3.63, 3.8) is 0 Å². The Balaban J connectivity index is 1.88. The van der Waals surface area contributed by atoms with Crippen molar-refractivity contribution >= 4 is 23.9 Å². The Kier molecular flexibility index (Phi) is 5.87. The van der Waals surface area contributed by atoms with Crippen molar-refractivity contribution in [3.05, 3.63) is 59.1 Å². The number of hydrazone groups is 1. The smallest absolute Gasteiger partial charge is 0.433 e. The molecule has 0 spiro atoms. The van der Waals surface area contributed by atoms with Gasteiger partial charge in [0.1, 0.15) is 11.5 Å². The Morgan fingerprint density at radius 2 is 1.91 bits per heavy atom. The lowest BCUT2D eigenvalue weighted by atomic mass is 10.2. The monoisotopic (exact) mass is 340 g/mol. The van der Waals surface area contributed by atoms with E-state index < -0.39 is 12.7 Å². The maximum atomic E-state index is 12.1. The van der Waals surface area contributed by atoms with Gasteiger partial charge in [0.05, 0.1) is 6.21 Å². The third-order valence-electron chi connectivity index (χ3n) is 2.48. The summed E-state index contributed by atoms with van der Waals surface area (Å²) in [5, 5.41) is 4.17. The molecule has 120 valence electrons. The van der Waals surface area contributed by atoms with Crippen LogP contribution in [0.3, 0.4) is 0 Å². The van der Waals surface area contributed by atoms with Crippen LogP contribution in [0.15, 0.2) is 53.6 Å². The SMILES string of the molecule is O=C(N/N=C/c1cccc(OC(F)F)c1)Oc1ccc(Cl)cc1. The highest BCUT2D eigenvalue weighted by Crippen LogP contribution is 2.16. The summed E-state index contributed by atoms with van der Waals surface area (Å²) >= 11 is 5.71. The third kappa shape index (κ3) is 5.91. The van der Waals surface area contributed by atoms with Crippen LogP contribution in [0.4, 0.5) is 13.6 Å². The molecule has 0 aromatic heterocycles. The Labute approximate surface area is 135 Å². The lowest BCUT2D eigenvalue weighted by molar-refractivity contribution is -0.0498. The second kappa shape index (κ2) is 8.09. The van der Waals surface area contributed by atoms with Crippen LogP contribution in [0.5, 0.6) is 11.5 Å². The van der Waals surface area contributed by atoms with Gasteiger partial charge in [-0.15, -0.1) is 0 Å². The molecule has 8 heteroatoms. The lowest BCUT2D eigenvalue weighted by Crippen LogP contribution is -2.21. The van der Waals surface area contributed by atoms with Gasteiger partial charge in [0.2, 0.25) is 0 Å². The van der Waals surface area contributed by atoms with Crippen LogP contribution in [0.2, 0.25) is 5.02 Å². The largest absolute Gasteiger partial charge is 0.435 e. The summed E-state index contributed by atoms with van der Waals surface area (Å²) in [6.45, 7) is -2.91. The molecular weight excluding hydrogens is 330 g/mol. The predicted octanol–water partition coefficient (Wildman–Crippen LogP) is 4.06. The summed E-state index contributed by atoms with van der Waals surface area (Å²) in [7, 11) is 0. The number of rotatable bonds is 5. The van der Waals surface area contributed by atoms with Crippen LogP contribution in [0, 0.1) is 0 Å². The van der Waals surface area contributed by atoms with Crippen molar-refractivity contribution in [2.75, 3.05) is 0 Å². The van der Waals surface area contributed by atoms with Crippen molar-refractivity contribution in [2.45, 2.75) is 6.61 Å². The van der Waals surface area contributed by atoms with E-state index in [1.54, 1.807) is 18.2 Å². The van der Waals surface area contributed by atoms with E-state index in [2.05, 4.69) is 15.3 Å². The molecular formula is C15H11ClF2N2O3. The Morgan fingerprint density at radius 3 is 2.61 bits per heavy atom. The Bertz CT molecular complexity index is 693. The van der Waals surface area contributed by atoms with Crippen molar-refractivity contribution in [1.82, 2.24) is 5.43 Å². The van der Waals surface area contributed by atoms with Gasteiger partial charge in [0.25, 0.3) is 0 Å². The molecule has 0 unspecified atom stereocenters. The fourth-order valence-corrected chi connectivity index (χ4v) is 1.69. The highest BCUT2D eigenvalue weighted by Gasteiger charge is 2.04. The molecule has 0 saturated heterocycles. The summed E-state index contributed by atoms with van der Waals surface area (Å²) in [5.41, 5.74) is 2.61. The zero-order valence-corrected chi connectivity index (χ0v) is 12.3. The summed E-state index contributed by atoms with van der Waals surface area (Å²) in [6, 6.07) is 12.0. The Morgan fingerprint density at radius 1 is 1.17 bits per heavy atom. The fraction of sp³-hybridized carbons (Fsp3) is 0.0667. The van der Waals surface area contributed by atoms with E-state index in [9.17, 15) is 13.6 Å². The number of carbonyl (C=O) groups is 1. The minimum Gasteiger partial charge on any atom is -0.435 e. The maximum Gasteiger partial charge on any atom is 0.433 e. The first-order chi connectivity index (χ1) is 11.0. The van der Waals surface area contributed by atoms with Crippen LogP contribution in [0.25, 0.3) is 0 Å². The molecule has 0 fully saturated rings. The van der Waals surface area contributed by atoms with E-state index >= 15 is 0 Å². The molecule has 2 aromatic rings. The number of hydrogen-bond acceptors (Lipinski definition) is 4. The van der Waals surface area contributed by atoms with Gasteiger partial charge in [-0.2, -0.15) is 13.9 Å². The fourth-order valence-electron chi connectivity index (χ4n) is 1.56. The molecule has 0 heterocycles. The van der Waals surface area contributed by atoms with Crippen LogP contribution >= 0.6 is 11.6 Å². The molecule has 23 heavy (non-hydrogen) atoms. The standard InChI is InChI=1S/C15H11ClF2N2O3/c16-11-4-6-12(7-5-11)23-15(21)20-19-9-10-2-1-3-13(8-10)22-14(17)18/h1-9,14H,(H,20,21)/b19-9+. The molecule has 0 aliphatic rings. The van der Waals surface area contributed by atoms with Gasteiger partial charge in [-0.1, -0.05) is 23.7 Å². The van der Waals surface area contributed by atoms with Crippen molar-refractivity contribution in [1.29, 1.82) is 0 Å². The molecule has 5 nitrogen and oxygen atoms in total. The number of benzene rings is 2. The zero-order valence-electron chi connectivity index (χ0n) is 11.6. The van der Waals surface area contributed by atoms with Crippen LogP contribution in [-0.2, 0) is 0 Å². The van der Waals surface area contributed by atoms with E-state index in [1.165, 1.54) is 36.5 Å². The molecule has 0 radical (unpaired) electrons. The van der Waals surface area contributed by atoms with Gasteiger partial charge in [-0.05, 0) is 42.0 Å². The van der Waals surface area contributed by atoms with Crippen LogP contribution in [-0.4, -0.2) is 18.9 Å². The van der Waals surface area contributed by atoms with Gasteiger partial charge in [0, 0.05) is 5.02 Å². The van der Waals surface area contributed by atoms with E-state index in [0.29, 0.717) is 16.3 Å². The third-order valence-corrected chi connectivity index (χ3v) is 2.73. The predicted molar refractivity (Wildman–Crippen MR) is 81.3 cm³/mol. The highest BCUT2D eigenvalue weighted by atomic mass is 35.5. The molecule has 2 rings (SSSR count). The second-order valence-electron chi connectivity index (χ2n) is 4.16. The highest BCUT2D eigenvalue weighted by molar-refractivity contribution is 6.30. The number of amides is 1. The van der Waals surface area contributed by atoms with Crippen LogP contribution < -0.4 is 14.9 Å². The average molecular weight is 341 g/mol. The average Bonchev–Trinajstić information content (AvgIpc) is 2.49. The van der Waals surface area contributed by atoms with Crippen LogP contribution in [0.1, 0.15) is 5.56 Å². The summed E-state index contributed by atoms with van der Waals surface area (Å²) < 4.78 is 33.4. The molecule has 0 bridgehead atoms. The van der Waals surface area contributed by atoms with E-state index in [0.717, 1.165) is 0 Å². The minimum absolute atomic E-state index is 0.00677. The molecule has 0 aliphatic heterocycles. The molecule has 2 aromatic carbocycles. The van der Waals surface area contributed by atoms with E-state index in [1.807, 2.05) is 0 Å². The first-order valence-electron chi connectivity index (χ1n) is 6.34. The van der Waals surface area contributed by atoms with Gasteiger partial charge in [-0.25, -0.2) is 10.2 Å². The number of nitrogens with one attached hydrogen (secondary N) is 1. The first-order valence-corrected chi connectivity index (χ1v) is 6.72. The number of halogens is 3. The zero-order chi connectivity index (χ0) is 16.7. The van der Waals surface area contributed by atoms with Gasteiger partial charge in [0.15, 0.2) is 0 Å². The topological polar surface area (TPSA) is 59.9 Å². The summed E-state index contributed by atoms with van der Waals surface area (Å²) in [6.07, 6.45) is 0.463. The Hall–Kier alpha value is -2.67. The van der Waals surface area contributed by atoms with Crippen molar-refractivity contribution < 1.29 is 23.0 Å². The van der Waals surface area contributed by atoms with Gasteiger partial charge >= 0.3 is 12.7 Å². The van der Waals surface area contributed by atoms with Gasteiger partial charge < -0.3 is 9.47 Å². The molecule has 0 atom stereocenters. The first kappa shape index (κ1) is 16.7. The summed E-state index contributed by atoms with van der Waals surface area (Å²) in [5.74, 6) is 0.294. The number of nitrogens with zero attached hydrogens (tertiary/aromatic N) is 1. The lowest BCUT2D eigenvalue weighted by Gasteiger charge is -2.04. The quantitative estimate of drug-likeness (QED) is 0.659. The van der Waals surface area contributed by atoms with Gasteiger partial charge in [-0.3, -0.25) is 0 Å². The van der Waals surface area contributed by atoms with Crippen molar-refractivity contribution in [2.24, 2.45) is 5.10 Å². The van der Waals surface area contributed by atoms with E-state index in [-0.39, 0.29) is 5.75 Å². The number of hydrogen-bond donors (Lipinski definition) is 1.